The minimum Gasteiger partial charge on any atom is -0.378 e. The smallest absolute Gasteiger partial charge is 0.0724 e. The Hall–Kier alpha value is -1.00. The van der Waals surface area contributed by atoms with Gasteiger partial charge in [-0.1, -0.05) is 0 Å². The van der Waals surface area contributed by atoms with Crippen LogP contribution in [0.5, 0.6) is 0 Å². The summed E-state index contributed by atoms with van der Waals surface area (Å²) in [6.07, 6.45) is 8.97. The molecule has 94 valence electrons. The van der Waals surface area contributed by atoms with Crippen molar-refractivity contribution < 1.29 is 4.74 Å². The van der Waals surface area contributed by atoms with Crippen molar-refractivity contribution in [3.63, 3.8) is 0 Å². The maximum atomic E-state index is 5.58. The summed E-state index contributed by atoms with van der Waals surface area (Å²) >= 11 is 0. The Morgan fingerprint density at radius 3 is 3.06 bits per heavy atom. The molecule has 1 atom stereocenters. The van der Waals surface area contributed by atoms with Crippen LogP contribution in [0.15, 0.2) is 12.4 Å². The number of aromatic nitrogens is 2. The summed E-state index contributed by atoms with van der Waals surface area (Å²) in [5.74, 6) is 0. The third-order valence-corrected chi connectivity index (χ3v) is 3.04. The summed E-state index contributed by atoms with van der Waals surface area (Å²) in [5.41, 5.74) is 1.97. The maximum absolute atomic E-state index is 5.58. The Morgan fingerprint density at radius 1 is 1.41 bits per heavy atom. The van der Waals surface area contributed by atoms with Crippen molar-refractivity contribution in [2.75, 3.05) is 13.2 Å². The lowest BCUT2D eigenvalue weighted by molar-refractivity contribution is 0.102. The van der Waals surface area contributed by atoms with Gasteiger partial charge < -0.3 is 10.1 Å². The first-order valence-corrected chi connectivity index (χ1v) is 6.44. The molecule has 0 saturated carbocycles. The van der Waals surface area contributed by atoms with Gasteiger partial charge in [-0.25, -0.2) is 0 Å². The average molecular weight is 235 g/mol. The molecule has 1 N–H and O–H groups in total. The first-order chi connectivity index (χ1) is 8.34. The highest BCUT2D eigenvalue weighted by Gasteiger charge is 2.14. The first-order valence-electron chi connectivity index (χ1n) is 6.44. The molecule has 0 aromatic carbocycles. The van der Waals surface area contributed by atoms with Gasteiger partial charge in [-0.05, 0) is 39.2 Å². The van der Waals surface area contributed by atoms with Crippen LogP contribution in [0.2, 0.25) is 0 Å². The Labute approximate surface area is 103 Å². The molecule has 17 heavy (non-hydrogen) atoms. The highest BCUT2D eigenvalue weighted by Crippen LogP contribution is 2.16. The van der Waals surface area contributed by atoms with Gasteiger partial charge in [-0.2, -0.15) is 0 Å². The molecule has 1 aliphatic rings. The summed E-state index contributed by atoms with van der Waals surface area (Å²) in [6.45, 7) is 4.73. The Morgan fingerprint density at radius 2 is 2.35 bits per heavy atom. The van der Waals surface area contributed by atoms with Crippen LogP contribution in [0.1, 0.15) is 37.1 Å². The van der Waals surface area contributed by atoms with Crippen molar-refractivity contribution in [2.24, 2.45) is 0 Å². The zero-order valence-corrected chi connectivity index (χ0v) is 10.5. The van der Waals surface area contributed by atoms with Gasteiger partial charge in [-0.3, -0.25) is 9.97 Å². The van der Waals surface area contributed by atoms with Gasteiger partial charge >= 0.3 is 0 Å². The van der Waals surface area contributed by atoms with E-state index in [0.717, 1.165) is 31.1 Å². The summed E-state index contributed by atoms with van der Waals surface area (Å²) in [5, 5.41) is 3.39. The summed E-state index contributed by atoms with van der Waals surface area (Å²) in [4.78, 5) is 8.52. The van der Waals surface area contributed by atoms with E-state index in [1.807, 2.05) is 19.3 Å². The monoisotopic (exact) mass is 235 g/mol. The lowest BCUT2D eigenvalue weighted by Gasteiger charge is -2.09. The Kier molecular flexibility index (Phi) is 4.88. The molecule has 2 rings (SSSR count). The van der Waals surface area contributed by atoms with E-state index in [2.05, 4.69) is 15.3 Å². The molecule has 4 nitrogen and oxygen atoms in total. The van der Waals surface area contributed by atoms with Crippen LogP contribution in [0, 0.1) is 6.92 Å². The van der Waals surface area contributed by atoms with E-state index in [1.165, 1.54) is 25.7 Å². The minimum absolute atomic E-state index is 0.510. The van der Waals surface area contributed by atoms with E-state index in [0.29, 0.717) is 6.10 Å². The van der Waals surface area contributed by atoms with Gasteiger partial charge in [0.2, 0.25) is 0 Å². The molecule has 0 radical (unpaired) electrons. The van der Waals surface area contributed by atoms with Crippen LogP contribution in [-0.4, -0.2) is 29.2 Å². The van der Waals surface area contributed by atoms with Crippen molar-refractivity contribution >= 4 is 0 Å². The number of hydrogen-bond acceptors (Lipinski definition) is 4. The van der Waals surface area contributed by atoms with E-state index in [9.17, 15) is 0 Å². The number of nitrogens with zero attached hydrogens (tertiary/aromatic N) is 2. The number of aryl methyl sites for hydroxylation is 1. The second-order valence-electron chi connectivity index (χ2n) is 4.60. The van der Waals surface area contributed by atoms with Crippen molar-refractivity contribution in [2.45, 2.75) is 45.3 Å². The Bertz CT molecular complexity index is 320. The molecule has 0 amide bonds. The van der Waals surface area contributed by atoms with Crippen LogP contribution >= 0.6 is 0 Å². The predicted octanol–water partition coefficient (Wildman–Crippen LogP) is 1.83. The van der Waals surface area contributed by atoms with Crippen LogP contribution < -0.4 is 5.32 Å². The van der Waals surface area contributed by atoms with Gasteiger partial charge in [0.1, 0.15) is 0 Å². The van der Waals surface area contributed by atoms with Crippen LogP contribution in [0.25, 0.3) is 0 Å². The molecule has 2 heterocycles. The zero-order chi connectivity index (χ0) is 11.9. The van der Waals surface area contributed by atoms with Gasteiger partial charge in [0.05, 0.1) is 17.5 Å². The fraction of sp³-hybridized carbons (Fsp3) is 0.692. The summed E-state index contributed by atoms with van der Waals surface area (Å²) < 4.78 is 5.58. The Balaban J connectivity index is 1.55. The normalized spacial score (nSPS) is 19.7. The second-order valence-corrected chi connectivity index (χ2v) is 4.60. The molecule has 1 saturated heterocycles. The molecule has 1 fully saturated rings. The van der Waals surface area contributed by atoms with E-state index >= 15 is 0 Å². The molecule has 1 aromatic rings. The topological polar surface area (TPSA) is 47.0 Å². The van der Waals surface area contributed by atoms with E-state index in [-0.39, 0.29) is 0 Å². The largest absolute Gasteiger partial charge is 0.378 e. The molecule has 0 bridgehead atoms. The lowest BCUT2D eigenvalue weighted by atomic mass is 10.1. The van der Waals surface area contributed by atoms with Crippen molar-refractivity contribution in [1.29, 1.82) is 0 Å². The third-order valence-electron chi connectivity index (χ3n) is 3.04. The average Bonchev–Trinajstić information content (AvgIpc) is 2.84. The number of hydrogen-bond donors (Lipinski definition) is 1. The second kappa shape index (κ2) is 6.67. The molecular weight excluding hydrogens is 214 g/mol. The fourth-order valence-electron chi connectivity index (χ4n) is 2.05. The van der Waals surface area contributed by atoms with Crippen LogP contribution in [0.4, 0.5) is 0 Å². The highest BCUT2D eigenvalue weighted by atomic mass is 16.5. The summed E-state index contributed by atoms with van der Waals surface area (Å²) in [7, 11) is 0. The zero-order valence-electron chi connectivity index (χ0n) is 10.5. The molecule has 1 aromatic heterocycles. The van der Waals surface area contributed by atoms with Crippen molar-refractivity contribution in [3.05, 3.63) is 23.8 Å². The van der Waals surface area contributed by atoms with E-state index < -0.39 is 0 Å². The fourth-order valence-corrected chi connectivity index (χ4v) is 2.05. The SMILES string of the molecule is Cc1cnc(CNCCCC2CCCO2)cn1. The van der Waals surface area contributed by atoms with Crippen molar-refractivity contribution in [1.82, 2.24) is 15.3 Å². The van der Waals surface area contributed by atoms with Gasteiger partial charge in [0.25, 0.3) is 0 Å². The minimum atomic E-state index is 0.510. The third kappa shape index (κ3) is 4.40. The number of nitrogens with one attached hydrogen (secondary N) is 1. The predicted molar refractivity (Wildman–Crippen MR) is 66.7 cm³/mol. The molecule has 1 aliphatic heterocycles. The molecule has 0 spiro atoms. The highest BCUT2D eigenvalue weighted by molar-refractivity contribution is 4.99. The van der Waals surface area contributed by atoms with E-state index in [4.69, 9.17) is 4.74 Å². The van der Waals surface area contributed by atoms with E-state index in [1.54, 1.807) is 0 Å². The standard InChI is InChI=1S/C13H21N3O/c1-11-8-16-12(10-15-11)9-14-6-2-4-13-5-3-7-17-13/h8,10,13-14H,2-7,9H2,1H3. The summed E-state index contributed by atoms with van der Waals surface area (Å²) in [6, 6.07) is 0. The molecule has 1 unspecified atom stereocenters. The molecular formula is C13H21N3O. The van der Waals surface area contributed by atoms with Crippen LogP contribution in [0.3, 0.4) is 0 Å². The van der Waals surface area contributed by atoms with Gasteiger partial charge in [-0.15, -0.1) is 0 Å². The number of rotatable bonds is 6. The van der Waals surface area contributed by atoms with Gasteiger partial charge in [0.15, 0.2) is 0 Å². The molecule has 0 aliphatic carbocycles. The quantitative estimate of drug-likeness (QED) is 0.764. The van der Waals surface area contributed by atoms with Gasteiger partial charge in [0, 0.05) is 25.5 Å². The first kappa shape index (κ1) is 12.5. The van der Waals surface area contributed by atoms with Crippen LogP contribution in [-0.2, 0) is 11.3 Å². The van der Waals surface area contributed by atoms with Crippen molar-refractivity contribution in [3.8, 4) is 0 Å². The maximum Gasteiger partial charge on any atom is 0.0724 e. The number of ether oxygens (including phenoxy) is 1. The lowest BCUT2D eigenvalue weighted by Crippen LogP contribution is -2.17. The molecule has 4 heteroatoms.